The molecule has 0 aliphatic rings. The summed E-state index contributed by atoms with van der Waals surface area (Å²) in [6.07, 6.45) is 59.0. The van der Waals surface area contributed by atoms with E-state index in [4.69, 9.17) is 14.2 Å². The minimum absolute atomic E-state index is 0.0727. The van der Waals surface area contributed by atoms with E-state index < -0.39 is 6.10 Å². The van der Waals surface area contributed by atoms with Gasteiger partial charge in [-0.1, -0.05) is 251 Å². The van der Waals surface area contributed by atoms with Crippen molar-refractivity contribution in [3.8, 4) is 0 Å². The molecule has 0 N–H and O–H groups in total. The first-order valence-corrected chi connectivity index (χ1v) is 27.3. The van der Waals surface area contributed by atoms with Crippen LogP contribution in [0.2, 0.25) is 0 Å². The molecule has 0 aliphatic carbocycles. The Bertz CT molecular complexity index is 1000. The Hall–Kier alpha value is -2.11. The van der Waals surface area contributed by atoms with E-state index in [0.29, 0.717) is 19.3 Å². The molecule has 0 fully saturated rings. The van der Waals surface area contributed by atoms with E-state index in [1.165, 1.54) is 180 Å². The maximum absolute atomic E-state index is 12.8. The van der Waals surface area contributed by atoms with E-state index in [1.54, 1.807) is 0 Å². The molecule has 0 heterocycles. The molecule has 0 amide bonds. The number of esters is 3. The lowest BCUT2D eigenvalue weighted by Gasteiger charge is -2.18. The molecule has 0 aromatic carbocycles. The van der Waals surface area contributed by atoms with E-state index in [9.17, 15) is 14.4 Å². The third kappa shape index (κ3) is 48.9. The van der Waals surface area contributed by atoms with Crippen LogP contribution >= 0.6 is 0 Å². The van der Waals surface area contributed by atoms with Crippen LogP contribution in [-0.2, 0) is 28.6 Å². The SMILES string of the molecule is CCCCC/C=C\C/C=C\CCCCCCCC(=O)OC(COC(=O)CCCCCCCCC)COC(=O)CCCCCCCCCCCCCCCCCCCCCCCC. The summed E-state index contributed by atoms with van der Waals surface area (Å²) < 4.78 is 16.7. The van der Waals surface area contributed by atoms with E-state index in [-0.39, 0.29) is 31.1 Å². The molecule has 1 unspecified atom stereocenters. The number of rotatable bonds is 50. The van der Waals surface area contributed by atoms with Crippen LogP contribution in [0, 0.1) is 0 Å². The predicted molar refractivity (Wildman–Crippen MR) is 266 cm³/mol. The lowest BCUT2D eigenvalue weighted by molar-refractivity contribution is -0.167. The highest BCUT2D eigenvalue weighted by atomic mass is 16.6. The molecule has 0 aliphatic heterocycles. The zero-order valence-corrected chi connectivity index (χ0v) is 41.7. The standard InChI is InChI=1S/C56H104O6/c1-4-7-10-13-16-18-20-22-24-25-26-27-28-29-30-32-33-35-37-40-43-46-49-55(58)61-52-53(51-60-54(57)48-45-42-39-15-12-9-6-3)62-56(59)50-47-44-41-38-36-34-31-23-21-19-17-14-11-8-5-2/h17,19,23,31,53H,4-16,18,20-22,24-30,32-52H2,1-3H3/b19-17-,31-23-. The molecule has 0 spiro atoms. The van der Waals surface area contributed by atoms with Crippen molar-refractivity contribution in [2.24, 2.45) is 0 Å². The fourth-order valence-electron chi connectivity index (χ4n) is 8.06. The van der Waals surface area contributed by atoms with Crippen molar-refractivity contribution in [2.75, 3.05) is 13.2 Å². The van der Waals surface area contributed by atoms with E-state index >= 15 is 0 Å². The lowest BCUT2D eigenvalue weighted by atomic mass is 10.0. The summed E-state index contributed by atoms with van der Waals surface area (Å²) in [5.41, 5.74) is 0. The summed E-state index contributed by atoms with van der Waals surface area (Å²) >= 11 is 0. The number of carbonyl (C=O) groups excluding carboxylic acids is 3. The number of carbonyl (C=O) groups is 3. The fraction of sp³-hybridized carbons (Fsp3) is 0.875. The number of hydrogen-bond donors (Lipinski definition) is 0. The zero-order valence-electron chi connectivity index (χ0n) is 41.7. The van der Waals surface area contributed by atoms with Crippen molar-refractivity contribution in [1.82, 2.24) is 0 Å². The van der Waals surface area contributed by atoms with Gasteiger partial charge in [-0.25, -0.2) is 0 Å². The molecular formula is C56H104O6. The lowest BCUT2D eigenvalue weighted by Crippen LogP contribution is -2.30. The highest BCUT2D eigenvalue weighted by molar-refractivity contribution is 5.71. The fourth-order valence-corrected chi connectivity index (χ4v) is 8.06. The van der Waals surface area contributed by atoms with Crippen molar-refractivity contribution >= 4 is 17.9 Å². The van der Waals surface area contributed by atoms with Crippen LogP contribution in [0.4, 0.5) is 0 Å². The summed E-state index contributed by atoms with van der Waals surface area (Å²) in [4.78, 5) is 37.8. The first-order valence-electron chi connectivity index (χ1n) is 27.3. The van der Waals surface area contributed by atoms with E-state index in [1.807, 2.05) is 0 Å². The second-order valence-electron chi connectivity index (χ2n) is 18.5. The normalized spacial score (nSPS) is 12.1. The number of hydrogen-bond acceptors (Lipinski definition) is 6. The number of allylic oxidation sites excluding steroid dienone is 4. The quantitative estimate of drug-likeness (QED) is 0.0262. The van der Waals surface area contributed by atoms with Gasteiger partial charge in [-0.2, -0.15) is 0 Å². The first kappa shape index (κ1) is 59.9. The van der Waals surface area contributed by atoms with Crippen LogP contribution in [0.5, 0.6) is 0 Å². The van der Waals surface area contributed by atoms with Gasteiger partial charge in [-0.05, 0) is 51.4 Å². The molecular weight excluding hydrogens is 769 g/mol. The second kappa shape index (κ2) is 51.5. The van der Waals surface area contributed by atoms with Crippen LogP contribution in [0.1, 0.15) is 297 Å². The molecule has 6 heteroatoms. The van der Waals surface area contributed by atoms with Crippen molar-refractivity contribution in [1.29, 1.82) is 0 Å². The molecule has 0 radical (unpaired) electrons. The van der Waals surface area contributed by atoms with Gasteiger partial charge in [-0.15, -0.1) is 0 Å². The summed E-state index contributed by atoms with van der Waals surface area (Å²) in [7, 11) is 0. The first-order chi connectivity index (χ1) is 30.5. The smallest absolute Gasteiger partial charge is 0.306 e. The van der Waals surface area contributed by atoms with Crippen molar-refractivity contribution < 1.29 is 28.6 Å². The second-order valence-corrected chi connectivity index (χ2v) is 18.5. The molecule has 0 bridgehead atoms. The summed E-state index contributed by atoms with van der Waals surface area (Å²) in [5, 5.41) is 0. The third-order valence-electron chi connectivity index (χ3n) is 12.2. The zero-order chi connectivity index (χ0) is 45.1. The summed E-state index contributed by atoms with van der Waals surface area (Å²) in [5.74, 6) is -0.878. The van der Waals surface area contributed by atoms with Gasteiger partial charge in [-0.3, -0.25) is 14.4 Å². The average Bonchev–Trinajstić information content (AvgIpc) is 3.27. The topological polar surface area (TPSA) is 78.9 Å². The molecule has 0 aromatic rings. The molecule has 0 saturated heterocycles. The number of unbranched alkanes of at least 4 members (excludes halogenated alkanes) is 35. The van der Waals surface area contributed by atoms with Crippen LogP contribution in [0.25, 0.3) is 0 Å². The number of ether oxygens (including phenoxy) is 3. The molecule has 0 aromatic heterocycles. The minimum atomic E-state index is -0.771. The highest BCUT2D eigenvalue weighted by Gasteiger charge is 2.19. The molecule has 1 atom stereocenters. The van der Waals surface area contributed by atoms with Gasteiger partial charge in [0, 0.05) is 19.3 Å². The van der Waals surface area contributed by atoms with Crippen molar-refractivity contribution in [3.05, 3.63) is 24.3 Å². The third-order valence-corrected chi connectivity index (χ3v) is 12.2. The highest BCUT2D eigenvalue weighted by Crippen LogP contribution is 2.17. The van der Waals surface area contributed by atoms with Gasteiger partial charge in [0.2, 0.25) is 0 Å². The van der Waals surface area contributed by atoms with Crippen LogP contribution in [0.3, 0.4) is 0 Å². The average molecular weight is 873 g/mol. The molecule has 364 valence electrons. The van der Waals surface area contributed by atoms with Crippen LogP contribution < -0.4 is 0 Å². The van der Waals surface area contributed by atoms with Gasteiger partial charge < -0.3 is 14.2 Å². The largest absolute Gasteiger partial charge is 0.462 e. The van der Waals surface area contributed by atoms with Gasteiger partial charge >= 0.3 is 17.9 Å². The Labute approximate surface area is 385 Å². The molecule has 62 heavy (non-hydrogen) atoms. The van der Waals surface area contributed by atoms with Gasteiger partial charge in [0.05, 0.1) is 0 Å². The Kier molecular flexibility index (Phi) is 49.8. The van der Waals surface area contributed by atoms with Gasteiger partial charge in [0.1, 0.15) is 13.2 Å². The van der Waals surface area contributed by atoms with E-state index in [2.05, 4.69) is 45.1 Å². The summed E-state index contributed by atoms with van der Waals surface area (Å²) in [6, 6.07) is 0. The Balaban J connectivity index is 4.15. The molecule has 0 saturated carbocycles. The van der Waals surface area contributed by atoms with Gasteiger partial charge in [0.25, 0.3) is 0 Å². The van der Waals surface area contributed by atoms with E-state index in [0.717, 1.165) is 77.0 Å². The maximum atomic E-state index is 12.8. The Morgan fingerprint density at radius 1 is 0.323 bits per heavy atom. The summed E-state index contributed by atoms with van der Waals surface area (Å²) in [6.45, 7) is 6.59. The Morgan fingerprint density at radius 3 is 0.919 bits per heavy atom. The molecule has 0 rings (SSSR count). The maximum Gasteiger partial charge on any atom is 0.306 e. The van der Waals surface area contributed by atoms with Crippen LogP contribution in [0.15, 0.2) is 24.3 Å². The van der Waals surface area contributed by atoms with Crippen LogP contribution in [-0.4, -0.2) is 37.2 Å². The monoisotopic (exact) mass is 873 g/mol. The minimum Gasteiger partial charge on any atom is -0.462 e. The van der Waals surface area contributed by atoms with Crippen molar-refractivity contribution in [2.45, 2.75) is 303 Å². The Morgan fingerprint density at radius 2 is 0.581 bits per heavy atom. The van der Waals surface area contributed by atoms with Crippen molar-refractivity contribution in [3.63, 3.8) is 0 Å². The molecule has 6 nitrogen and oxygen atoms in total. The van der Waals surface area contributed by atoms with Gasteiger partial charge in [0.15, 0.2) is 6.10 Å². The predicted octanol–water partition coefficient (Wildman–Crippen LogP) is 17.9.